The zero-order valence-corrected chi connectivity index (χ0v) is 13.7. The molecule has 2 aromatic rings. The van der Waals surface area contributed by atoms with E-state index in [2.05, 4.69) is 35.1 Å². The second-order valence-electron chi connectivity index (χ2n) is 6.63. The Kier molecular flexibility index (Phi) is 3.36. The normalized spacial score (nSPS) is 17.0. The number of hydrogen-bond acceptors (Lipinski definition) is 3. The molecule has 120 valence electrons. The third kappa shape index (κ3) is 2.71. The third-order valence-corrected chi connectivity index (χ3v) is 4.70. The van der Waals surface area contributed by atoms with Crippen LogP contribution in [-0.4, -0.2) is 27.1 Å². The van der Waals surface area contributed by atoms with E-state index >= 15 is 0 Å². The molecule has 5 nitrogen and oxygen atoms in total. The minimum atomic E-state index is 0.135. The molecular formula is C18H22N4O. The van der Waals surface area contributed by atoms with Crippen molar-refractivity contribution in [2.24, 2.45) is 0 Å². The van der Waals surface area contributed by atoms with E-state index in [4.69, 9.17) is 5.10 Å². The van der Waals surface area contributed by atoms with Crippen molar-refractivity contribution >= 4 is 17.4 Å². The van der Waals surface area contributed by atoms with Gasteiger partial charge in [-0.2, -0.15) is 5.10 Å². The molecule has 0 atom stereocenters. The van der Waals surface area contributed by atoms with Crippen LogP contribution in [0.15, 0.2) is 24.3 Å². The molecule has 0 radical (unpaired) electrons. The molecule has 2 heterocycles. The summed E-state index contributed by atoms with van der Waals surface area (Å²) in [4.78, 5) is 13.7. The summed E-state index contributed by atoms with van der Waals surface area (Å²) in [6, 6.07) is 8.86. The van der Waals surface area contributed by atoms with E-state index in [0.29, 0.717) is 12.6 Å². The highest BCUT2D eigenvalue weighted by molar-refractivity contribution is 5.74. The highest BCUT2D eigenvalue weighted by atomic mass is 16.2. The zero-order chi connectivity index (χ0) is 16.0. The lowest BCUT2D eigenvalue weighted by atomic mass is 10.1. The molecule has 1 fully saturated rings. The van der Waals surface area contributed by atoms with Gasteiger partial charge in [0.2, 0.25) is 5.91 Å². The predicted molar refractivity (Wildman–Crippen MR) is 89.8 cm³/mol. The smallest absolute Gasteiger partial charge is 0.219 e. The Hall–Kier alpha value is -2.30. The van der Waals surface area contributed by atoms with Crippen LogP contribution in [0.4, 0.5) is 11.5 Å². The first-order valence-corrected chi connectivity index (χ1v) is 8.31. The molecule has 0 spiro atoms. The first-order valence-electron chi connectivity index (χ1n) is 8.31. The number of benzene rings is 1. The average Bonchev–Trinajstić information content (AvgIpc) is 3.31. The largest absolute Gasteiger partial charge is 0.338 e. The highest BCUT2D eigenvalue weighted by Crippen LogP contribution is 2.39. The van der Waals surface area contributed by atoms with E-state index in [1.54, 1.807) is 6.92 Å². The van der Waals surface area contributed by atoms with Crippen molar-refractivity contribution < 1.29 is 4.79 Å². The Morgan fingerprint density at radius 3 is 2.87 bits per heavy atom. The maximum atomic E-state index is 11.8. The first-order chi connectivity index (χ1) is 11.1. The average molecular weight is 310 g/mol. The Morgan fingerprint density at radius 1 is 1.35 bits per heavy atom. The van der Waals surface area contributed by atoms with Gasteiger partial charge in [-0.1, -0.05) is 12.1 Å². The van der Waals surface area contributed by atoms with Crippen molar-refractivity contribution in [1.29, 1.82) is 0 Å². The highest BCUT2D eigenvalue weighted by Gasteiger charge is 2.33. The summed E-state index contributed by atoms with van der Waals surface area (Å²) in [5.41, 5.74) is 4.75. The number of anilines is 2. The monoisotopic (exact) mass is 310 g/mol. The molecule has 1 N–H and O–H groups in total. The SMILES string of the molecule is CC(=O)N1CCc2c(c(Nc3cccc(C)c3)nn2C2CC2)C1. The van der Waals surface area contributed by atoms with E-state index in [1.165, 1.54) is 29.7 Å². The molecule has 0 saturated heterocycles. The summed E-state index contributed by atoms with van der Waals surface area (Å²) >= 11 is 0. The number of fused-ring (bicyclic) bond motifs is 1. The fraction of sp³-hybridized carbons (Fsp3) is 0.444. The number of aromatic nitrogens is 2. The van der Waals surface area contributed by atoms with Crippen LogP contribution in [0.25, 0.3) is 0 Å². The molecule has 1 amide bonds. The van der Waals surface area contributed by atoms with Gasteiger partial charge in [-0.05, 0) is 37.5 Å². The van der Waals surface area contributed by atoms with Crippen LogP contribution in [0.3, 0.4) is 0 Å². The fourth-order valence-corrected chi connectivity index (χ4v) is 3.30. The van der Waals surface area contributed by atoms with Crippen molar-refractivity contribution in [1.82, 2.24) is 14.7 Å². The molecule has 1 aromatic heterocycles. The molecule has 1 saturated carbocycles. The van der Waals surface area contributed by atoms with Gasteiger partial charge in [0, 0.05) is 36.8 Å². The van der Waals surface area contributed by atoms with Crippen LogP contribution >= 0.6 is 0 Å². The van der Waals surface area contributed by atoms with Gasteiger partial charge in [-0.25, -0.2) is 0 Å². The maximum absolute atomic E-state index is 11.8. The number of nitrogens with zero attached hydrogens (tertiary/aromatic N) is 3. The number of hydrogen-bond donors (Lipinski definition) is 1. The van der Waals surface area contributed by atoms with Gasteiger partial charge in [-0.3, -0.25) is 9.48 Å². The van der Waals surface area contributed by atoms with Crippen molar-refractivity contribution in [2.75, 3.05) is 11.9 Å². The molecule has 1 aliphatic heterocycles. The number of carbonyl (C=O) groups excluding carboxylic acids is 1. The van der Waals surface area contributed by atoms with Crippen LogP contribution < -0.4 is 5.32 Å². The van der Waals surface area contributed by atoms with Crippen molar-refractivity contribution in [3.63, 3.8) is 0 Å². The lowest BCUT2D eigenvalue weighted by Crippen LogP contribution is -2.34. The number of nitrogens with one attached hydrogen (secondary N) is 1. The number of amides is 1. The molecule has 1 aromatic carbocycles. The molecule has 0 unspecified atom stereocenters. The van der Waals surface area contributed by atoms with E-state index in [0.717, 1.165) is 24.5 Å². The summed E-state index contributed by atoms with van der Waals surface area (Å²) in [6.45, 7) is 5.18. The molecule has 23 heavy (non-hydrogen) atoms. The summed E-state index contributed by atoms with van der Waals surface area (Å²) in [6.07, 6.45) is 3.33. The summed E-state index contributed by atoms with van der Waals surface area (Å²) in [5, 5.41) is 8.31. The van der Waals surface area contributed by atoms with Crippen molar-refractivity contribution in [2.45, 2.75) is 45.7 Å². The molecule has 2 aliphatic rings. The second kappa shape index (κ2) is 5.41. The summed E-state index contributed by atoms with van der Waals surface area (Å²) in [7, 11) is 0. The van der Waals surface area contributed by atoms with Gasteiger partial charge in [0.05, 0.1) is 12.6 Å². The van der Waals surface area contributed by atoms with Crippen LogP contribution in [-0.2, 0) is 17.8 Å². The van der Waals surface area contributed by atoms with Crippen molar-refractivity contribution in [3.05, 3.63) is 41.1 Å². The molecule has 1 aliphatic carbocycles. The van der Waals surface area contributed by atoms with Gasteiger partial charge in [0.1, 0.15) is 0 Å². The number of aryl methyl sites for hydroxylation is 1. The van der Waals surface area contributed by atoms with Crippen molar-refractivity contribution in [3.8, 4) is 0 Å². The van der Waals surface area contributed by atoms with Gasteiger partial charge < -0.3 is 10.2 Å². The molecular weight excluding hydrogens is 288 g/mol. The van der Waals surface area contributed by atoms with Gasteiger partial charge >= 0.3 is 0 Å². The summed E-state index contributed by atoms with van der Waals surface area (Å²) < 4.78 is 2.20. The third-order valence-electron chi connectivity index (χ3n) is 4.70. The zero-order valence-electron chi connectivity index (χ0n) is 13.7. The van der Waals surface area contributed by atoms with E-state index in [-0.39, 0.29) is 5.91 Å². The Balaban J connectivity index is 1.70. The maximum Gasteiger partial charge on any atom is 0.219 e. The van der Waals surface area contributed by atoms with Gasteiger partial charge in [-0.15, -0.1) is 0 Å². The lowest BCUT2D eigenvalue weighted by Gasteiger charge is -2.26. The van der Waals surface area contributed by atoms with E-state index in [1.807, 2.05) is 11.0 Å². The lowest BCUT2D eigenvalue weighted by molar-refractivity contribution is -0.129. The fourth-order valence-electron chi connectivity index (χ4n) is 3.30. The molecule has 5 heteroatoms. The topological polar surface area (TPSA) is 50.2 Å². The van der Waals surface area contributed by atoms with E-state index < -0.39 is 0 Å². The summed E-state index contributed by atoms with van der Waals surface area (Å²) in [5.74, 6) is 1.04. The number of rotatable bonds is 3. The minimum absolute atomic E-state index is 0.135. The Bertz CT molecular complexity index is 760. The first kappa shape index (κ1) is 14.3. The molecule has 4 rings (SSSR count). The van der Waals surface area contributed by atoms with Crippen LogP contribution in [0.5, 0.6) is 0 Å². The second-order valence-corrected chi connectivity index (χ2v) is 6.63. The van der Waals surface area contributed by atoms with Gasteiger partial charge in [0.15, 0.2) is 5.82 Å². The van der Waals surface area contributed by atoms with Crippen LogP contribution in [0.1, 0.15) is 42.6 Å². The predicted octanol–water partition coefficient (Wildman–Crippen LogP) is 3.17. The van der Waals surface area contributed by atoms with Crippen LogP contribution in [0.2, 0.25) is 0 Å². The minimum Gasteiger partial charge on any atom is -0.338 e. The van der Waals surface area contributed by atoms with E-state index in [9.17, 15) is 4.79 Å². The van der Waals surface area contributed by atoms with Gasteiger partial charge in [0.25, 0.3) is 0 Å². The van der Waals surface area contributed by atoms with Crippen LogP contribution in [0, 0.1) is 6.92 Å². The Labute approximate surface area is 136 Å². The number of carbonyl (C=O) groups is 1. The Morgan fingerprint density at radius 2 is 2.17 bits per heavy atom. The molecule has 0 bridgehead atoms. The quantitative estimate of drug-likeness (QED) is 0.947. The standard InChI is InChI=1S/C18H22N4O/c1-12-4-3-5-14(10-12)19-18-16-11-21(13(2)23)9-8-17(16)22(20-18)15-6-7-15/h3-5,10,15H,6-9,11H2,1-2H3,(H,19,20).